The lowest BCUT2D eigenvalue weighted by atomic mass is 9.96. The number of anilines is 1. The van der Waals surface area contributed by atoms with Crippen LogP contribution in [0.15, 0.2) is 24.3 Å². The minimum Gasteiger partial charge on any atom is -0.455 e. The quantitative estimate of drug-likeness (QED) is 0.806. The summed E-state index contributed by atoms with van der Waals surface area (Å²) in [6.07, 6.45) is 1.05. The summed E-state index contributed by atoms with van der Waals surface area (Å²) >= 11 is 0. The Balaban J connectivity index is 2.15. The Morgan fingerprint density at radius 3 is 2.74 bits per heavy atom. The van der Waals surface area contributed by atoms with Gasteiger partial charge in [0.05, 0.1) is 5.92 Å². The molecule has 1 aromatic carbocycles. The molecule has 1 saturated heterocycles. The van der Waals surface area contributed by atoms with Crippen LogP contribution in [0.5, 0.6) is 0 Å². The average Bonchev–Trinajstić information content (AvgIpc) is 2.93. The summed E-state index contributed by atoms with van der Waals surface area (Å²) in [4.78, 5) is 36.6. The van der Waals surface area contributed by atoms with Gasteiger partial charge in [-0.1, -0.05) is 32.0 Å². The van der Waals surface area contributed by atoms with Crippen molar-refractivity contribution in [3.63, 3.8) is 0 Å². The number of ether oxygens (including phenoxy) is 1. The van der Waals surface area contributed by atoms with Gasteiger partial charge < -0.3 is 15.4 Å². The fourth-order valence-electron chi connectivity index (χ4n) is 2.73. The molecule has 2 atom stereocenters. The van der Waals surface area contributed by atoms with Gasteiger partial charge in [0.2, 0.25) is 5.91 Å². The van der Waals surface area contributed by atoms with E-state index in [2.05, 4.69) is 13.8 Å². The number of carbonyl (C=O) groups is 3. The minimum atomic E-state index is -0.707. The number of esters is 1. The zero-order valence-corrected chi connectivity index (χ0v) is 13.5. The Labute approximate surface area is 135 Å². The Morgan fingerprint density at radius 1 is 1.39 bits per heavy atom. The van der Waals surface area contributed by atoms with Crippen LogP contribution in [0.1, 0.15) is 38.2 Å². The van der Waals surface area contributed by atoms with E-state index in [0.29, 0.717) is 5.92 Å². The van der Waals surface area contributed by atoms with Crippen molar-refractivity contribution >= 4 is 23.5 Å². The number of nitrogens with zero attached hydrogens (tertiary/aromatic N) is 1. The third kappa shape index (κ3) is 3.88. The second-order valence-corrected chi connectivity index (χ2v) is 5.85. The number of carbonyl (C=O) groups excluding carboxylic acids is 3. The zero-order valence-electron chi connectivity index (χ0n) is 13.5. The number of amides is 2. The molecule has 0 aliphatic carbocycles. The molecule has 1 aliphatic heterocycles. The van der Waals surface area contributed by atoms with Crippen molar-refractivity contribution in [3.8, 4) is 0 Å². The first-order valence-electron chi connectivity index (χ1n) is 7.78. The molecule has 6 nitrogen and oxygen atoms in total. The Morgan fingerprint density at radius 2 is 2.09 bits per heavy atom. The number of primary amides is 1. The van der Waals surface area contributed by atoms with E-state index < -0.39 is 24.4 Å². The first-order chi connectivity index (χ1) is 10.9. The first-order valence-corrected chi connectivity index (χ1v) is 7.78. The molecule has 0 radical (unpaired) electrons. The molecule has 2 N–H and O–H groups in total. The van der Waals surface area contributed by atoms with E-state index in [4.69, 9.17) is 10.5 Å². The van der Waals surface area contributed by atoms with Gasteiger partial charge >= 0.3 is 5.97 Å². The van der Waals surface area contributed by atoms with E-state index in [9.17, 15) is 14.4 Å². The van der Waals surface area contributed by atoms with E-state index in [1.807, 2.05) is 24.3 Å². The van der Waals surface area contributed by atoms with Crippen LogP contribution in [0.4, 0.5) is 5.69 Å². The maximum absolute atomic E-state index is 12.3. The first kappa shape index (κ1) is 17.0. The summed E-state index contributed by atoms with van der Waals surface area (Å²) in [6, 6.07) is 7.74. The monoisotopic (exact) mass is 318 g/mol. The van der Waals surface area contributed by atoms with Crippen LogP contribution in [0.2, 0.25) is 0 Å². The van der Waals surface area contributed by atoms with Gasteiger partial charge in [-0.15, -0.1) is 0 Å². The van der Waals surface area contributed by atoms with Crippen molar-refractivity contribution in [3.05, 3.63) is 29.8 Å². The zero-order chi connectivity index (χ0) is 17.0. The SMILES string of the molecule is CC[C@@H](C)c1ccccc1N1C[C@H](C(=O)OCC(N)=O)CC1=O. The molecule has 0 unspecified atom stereocenters. The van der Waals surface area contributed by atoms with Crippen LogP contribution in [-0.2, 0) is 19.1 Å². The maximum atomic E-state index is 12.3. The van der Waals surface area contributed by atoms with Crippen LogP contribution in [0.25, 0.3) is 0 Å². The standard InChI is InChI=1S/C17H22N2O4/c1-3-11(2)13-6-4-5-7-14(13)19-9-12(8-16(19)21)17(22)23-10-15(18)20/h4-7,11-12H,3,8-10H2,1-2H3,(H2,18,20)/t11-,12-/m1/s1. The fraction of sp³-hybridized carbons (Fsp3) is 0.471. The average molecular weight is 318 g/mol. The molecule has 0 bridgehead atoms. The van der Waals surface area contributed by atoms with Gasteiger partial charge in [0.25, 0.3) is 5.91 Å². The third-order valence-corrected chi connectivity index (χ3v) is 4.19. The third-order valence-electron chi connectivity index (χ3n) is 4.19. The van der Waals surface area contributed by atoms with Crippen molar-refractivity contribution < 1.29 is 19.1 Å². The molecule has 6 heteroatoms. The lowest BCUT2D eigenvalue weighted by molar-refractivity contribution is -0.151. The van der Waals surface area contributed by atoms with E-state index in [0.717, 1.165) is 17.7 Å². The summed E-state index contributed by atoms with van der Waals surface area (Å²) in [6.45, 7) is 4.02. The molecule has 1 aliphatic rings. The molecule has 124 valence electrons. The van der Waals surface area contributed by atoms with Crippen LogP contribution in [0.3, 0.4) is 0 Å². The molecular weight excluding hydrogens is 296 g/mol. The number of rotatable bonds is 6. The molecule has 2 amide bonds. The number of hydrogen-bond donors (Lipinski definition) is 1. The van der Waals surface area contributed by atoms with Crippen LogP contribution in [0, 0.1) is 5.92 Å². The van der Waals surface area contributed by atoms with Crippen molar-refractivity contribution in [2.75, 3.05) is 18.1 Å². The van der Waals surface area contributed by atoms with Crippen molar-refractivity contribution in [2.45, 2.75) is 32.6 Å². The minimum absolute atomic E-state index is 0.0897. The van der Waals surface area contributed by atoms with Crippen molar-refractivity contribution in [2.24, 2.45) is 11.7 Å². The molecule has 23 heavy (non-hydrogen) atoms. The topological polar surface area (TPSA) is 89.7 Å². The van der Waals surface area contributed by atoms with Crippen LogP contribution < -0.4 is 10.6 Å². The van der Waals surface area contributed by atoms with E-state index in [1.165, 1.54) is 0 Å². The van der Waals surface area contributed by atoms with Gasteiger partial charge in [0, 0.05) is 18.7 Å². The summed E-state index contributed by atoms with van der Waals surface area (Å²) in [5, 5.41) is 0. The fourth-order valence-corrected chi connectivity index (χ4v) is 2.73. The molecule has 0 spiro atoms. The van der Waals surface area contributed by atoms with Gasteiger partial charge in [-0.2, -0.15) is 0 Å². The number of nitrogens with two attached hydrogens (primary N) is 1. The Kier molecular flexibility index (Phi) is 5.36. The smallest absolute Gasteiger partial charge is 0.311 e. The van der Waals surface area contributed by atoms with Gasteiger partial charge in [0.1, 0.15) is 0 Å². The molecule has 0 aromatic heterocycles. The lowest BCUT2D eigenvalue weighted by Crippen LogP contribution is -2.29. The van der Waals surface area contributed by atoms with Gasteiger partial charge in [0.15, 0.2) is 6.61 Å². The molecule has 0 saturated carbocycles. The second-order valence-electron chi connectivity index (χ2n) is 5.85. The largest absolute Gasteiger partial charge is 0.455 e. The molecule has 1 heterocycles. The van der Waals surface area contributed by atoms with Crippen molar-refractivity contribution in [1.82, 2.24) is 0 Å². The summed E-state index contributed by atoms with van der Waals surface area (Å²) in [5.41, 5.74) is 6.90. The molecule has 2 rings (SSSR count). The van der Waals surface area contributed by atoms with E-state index in [1.54, 1.807) is 4.90 Å². The van der Waals surface area contributed by atoms with E-state index in [-0.39, 0.29) is 18.9 Å². The van der Waals surface area contributed by atoms with Gasteiger partial charge in [-0.25, -0.2) is 0 Å². The highest BCUT2D eigenvalue weighted by Crippen LogP contribution is 2.33. The summed E-state index contributed by atoms with van der Waals surface area (Å²) in [5.74, 6) is -1.62. The van der Waals surface area contributed by atoms with Crippen LogP contribution in [-0.4, -0.2) is 30.9 Å². The Hall–Kier alpha value is -2.37. The normalized spacial score (nSPS) is 18.8. The summed E-state index contributed by atoms with van der Waals surface area (Å²) in [7, 11) is 0. The maximum Gasteiger partial charge on any atom is 0.311 e. The Bertz CT molecular complexity index is 614. The van der Waals surface area contributed by atoms with Crippen molar-refractivity contribution in [1.29, 1.82) is 0 Å². The number of para-hydroxylation sites is 1. The number of benzene rings is 1. The van der Waals surface area contributed by atoms with Gasteiger partial charge in [-0.3, -0.25) is 14.4 Å². The molecule has 1 aromatic rings. The lowest BCUT2D eigenvalue weighted by Gasteiger charge is -2.23. The van der Waals surface area contributed by atoms with E-state index >= 15 is 0 Å². The van der Waals surface area contributed by atoms with Crippen LogP contribution >= 0.6 is 0 Å². The van der Waals surface area contributed by atoms with Gasteiger partial charge in [-0.05, 0) is 24.0 Å². The molecular formula is C17H22N2O4. The number of hydrogen-bond acceptors (Lipinski definition) is 4. The second kappa shape index (κ2) is 7.26. The highest BCUT2D eigenvalue weighted by Gasteiger charge is 2.37. The summed E-state index contributed by atoms with van der Waals surface area (Å²) < 4.78 is 4.83. The molecule has 1 fully saturated rings. The predicted molar refractivity (Wildman–Crippen MR) is 85.8 cm³/mol. The highest BCUT2D eigenvalue weighted by atomic mass is 16.5. The highest BCUT2D eigenvalue weighted by molar-refractivity contribution is 6.00. The predicted octanol–water partition coefficient (Wildman–Crippen LogP) is 1.58.